The van der Waals surface area contributed by atoms with Gasteiger partial charge in [-0.2, -0.15) is 0 Å². The van der Waals surface area contributed by atoms with Gasteiger partial charge in [-0.05, 0) is 36.4 Å². The standard InChI is InChI=1S/C16H8N2O2/c19-14-8-6-9-10(16(14)20)5-7-13-15(9)18-12-4-2-1-3-11(12)17-13/h1-8H. The highest BCUT2D eigenvalue weighted by Crippen LogP contribution is 2.26. The molecule has 4 heteroatoms. The van der Waals surface area contributed by atoms with Crippen LogP contribution in [0.1, 0.15) is 15.9 Å². The molecular formula is C16H8N2O2. The van der Waals surface area contributed by atoms with E-state index in [9.17, 15) is 9.59 Å². The number of benzene rings is 2. The second kappa shape index (κ2) is 3.81. The molecule has 4 rings (SSSR count). The topological polar surface area (TPSA) is 59.9 Å². The Morgan fingerprint density at radius 3 is 2.30 bits per heavy atom. The molecule has 1 aromatic heterocycles. The normalized spacial score (nSPS) is 14.0. The maximum Gasteiger partial charge on any atom is 0.233 e. The van der Waals surface area contributed by atoms with Crippen molar-refractivity contribution >= 4 is 39.7 Å². The average Bonchev–Trinajstić information content (AvgIpc) is 2.48. The first-order chi connectivity index (χ1) is 9.74. The SMILES string of the molecule is O=C1C=Cc2c(ccc3nc4ccccc4nc23)C1=O. The molecule has 0 spiro atoms. The van der Waals surface area contributed by atoms with Gasteiger partial charge in [-0.25, -0.2) is 9.97 Å². The van der Waals surface area contributed by atoms with Crippen molar-refractivity contribution in [1.29, 1.82) is 0 Å². The number of aromatic nitrogens is 2. The van der Waals surface area contributed by atoms with Gasteiger partial charge in [0.2, 0.25) is 11.6 Å². The third-order valence-corrected chi connectivity index (χ3v) is 3.42. The number of carbonyl (C=O) groups excluding carboxylic acids is 2. The maximum absolute atomic E-state index is 11.9. The van der Waals surface area contributed by atoms with E-state index in [0.29, 0.717) is 22.2 Å². The van der Waals surface area contributed by atoms with Gasteiger partial charge in [0.05, 0.1) is 22.1 Å². The third-order valence-electron chi connectivity index (χ3n) is 3.42. The number of fused-ring (bicyclic) bond motifs is 4. The highest BCUT2D eigenvalue weighted by atomic mass is 16.2. The predicted octanol–water partition coefficient (Wildman–Crippen LogP) is 2.56. The van der Waals surface area contributed by atoms with E-state index >= 15 is 0 Å². The lowest BCUT2D eigenvalue weighted by molar-refractivity contribution is -0.110. The summed E-state index contributed by atoms with van der Waals surface area (Å²) < 4.78 is 0. The summed E-state index contributed by atoms with van der Waals surface area (Å²) in [6.45, 7) is 0. The van der Waals surface area contributed by atoms with Crippen LogP contribution in [0.15, 0.2) is 42.5 Å². The van der Waals surface area contributed by atoms with E-state index in [2.05, 4.69) is 9.97 Å². The quantitative estimate of drug-likeness (QED) is 0.460. The van der Waals surface area contributed by atoms with Crippen LogP contribution in [0.25, 0.3) is 28.1 Å². The molecule has 0 amide bonds. The number of allylic oxidation sites excluding steroid dienone is 1. The fraction of sp³-hybridized carbons (Fsp3) is 0. The van der Waals surface area contributed by atoms with Crippen molar-refractivity contribution in [3.8, 4) is 0 Å². The van der Waals surface area contributed by atoms with Crippen molar-refractivity contribution in [2.75, 3.05) is 0 Å². The van der Waals surface area contributed by atoms with Gasteiger partial charge < -0.3 is 0 Å². The smallest absolute Gasteiger partial charge is 0.233 e. The molecule has 0 saturated heterocycles. The molecule has 0 saturated carbocycles. The van der Waals surface area contributed by atoms with E-state index in [4.69, 9.17) is 0 Å². The predicted molar refractivity (Wildman–Crippen MR) is 75.4 cm³/mol. The van der Waals surface area contributed by atoms with Gasteiger partial charge in [-0.15, -0.1) is 0 Å². The van der Waals surface area contributed by atoms with Crippen molar-refractivity contribution in [1.82, 2.24) is 9.97 Å². The van der Waals surface area contributed by atoms with E-state index in [-0.39, 0.29) is 0 Å². The number of hydrogen-bond acceptors (Lipinski definition) is 4. The van der Waals surface area contributed by atoms with E-state index in [1.807, 2.05) is 24.3 Å². The van der Waals surface area contributed by atoms with Gasteiger partial charge in [0.15, 0.2) is 0 Å². The number of ketones is 2. The zero-order valence-corrected chi connectivity index (χ0v) is 10.3. The van der Waals surface area contributed by atoms with Crippen LogP contribution in [0.5, 0.6) is 0 Å². The highest BCUT2D eigenvalue weighted by molar-refractivity contribution is 6.50. The number of Topliss-reactive ketones (excluding diaryl/α,β-unsaturated/α-hetero) is 1. The van der Waals surface area contributed by atoms with Crippen LogP contribution in [0.3, 0.4) is 0 Å². The summed E-state index contributed by atoms with van der Waals surface area (Å²) in [5.74, 6) is -0.982. The largest absolute Gasteiger partial charge is 0.286 e. The second-order valence-corrected chi connectivity index (χ2v) is 4.63. The van der Waals surface area contributed by atoms with Crippen LogP contribution in [0.4, 0.5) is 0 Å². The number of carbonyl (C=O) groups is 2. The zero-order chi connectivity index (χ0) is 13.7. The lowest BCUT2D eigenvalue weighted by Crippen LogP contribution is -2.16. The number of hydrogen-bond donors (Lipinski definition) is 0. The van der Waals surface area contributed by atoms with E-state index in [1.165, 1.54) is 6.08 Å². The van der Waals surface area contributed by atoms with Crippen molar-refractivity contribution in [2.45, 2.75) is 0 Å². The Hall–Kier alpha value is -2.88. The van der Waals surface area contributed by atoms with Gasteiger partial charge >= 0.3 is 0 Å². The number of rotatable bonds is 0. The monoisotopic (exact) mass is 260 g/mol. The van der Waals surface area contributed by atoms with Crippen LogP contribution in [0.2, 0.25) is 0 Å². The summed E-state index contributed by atoms with van der Waals surface area (Å²) in [5.41, 5.74) is 4.01. The van der Waals surface area contributed by atoms with Gasteiger partial charge in [0, 0.05) is 11.1 Å². The lowest BCUT2D eigenvalue weighted by Gasteiger charge is -2.11. The molecule has 20 heavy (non-hydrogen) atoms. The Kier molecular flexibility index (Phi) is 2.09. The lowest BCUT2D eigenvalue weighted by atomic mass is 9.94. The molecule has 1 heterocycles. The van der Waals surface area contributed by atoms with Gasteiger partial charge in [0.1, 0.15) is 0 Å². The van der Waals surface area contributed by atoms with Gasteiger partial charge in [-0.3, -0.25) is 9.59 Å². The first-order valence-corrected chi connectivity index (χ1v) is 6.20. The van der Waals surface area contributed by atoms with Crippen molar-refractivity contribution in [2.24, 2.45) is 0 Å². The van der Waals surface area contributed by atoms with Crippen LogP contribution >= 0.6 is 0 Å². The first-order valence-electron chi connectivity index (χ1n) is 6.20. The minimum absolute atomic E-state index is 0.398. The molecule has 3 aromatic rings. The van der Waals surface area contributed by atoms with Crippen molar-refractivity contribution < 1.29 is 9.59 Å². The minimum atomic E-state index is -0.495. The van der Waals surface area contributed by atoms with Gasteiger partial charge in [0.25, 0.3) is 0 Å². The summed E-state index contributed by atoms with van der Waals surface area (Å²) in [6, 6.07) is 10.9. The van der Waals surface area contributed by atoms with Crippen molar-refractivity contribution in [3.05, 3.63) is 53.6 Å². The van der Waals surface area contributed by atoms with Crippen LogP contribution < -0.4 is 0 Å². The first kappa shape index (κ1) is 11.0. The summed E-state index contributed by atoms with van der Waals surface area (Å²) in [5, 5.41) is 0. The van der Waals surface area contributed by atoms with Crippen LogP contribution in [0, 0.1) is 0 Å². The Morgan fingerprint density at radius 2 is 1.50 bits per heavy atom. The maximum atomic E-state index is 11.9. The Balaban J connectivity index is 2.15. The summed E-state index contributed by atoms with van der Waals surface area (Å²) >= 11 is 0. The second-order valence-electron chi connectivity index (χ2n) is 4.63. The molecule has 1 aliphatic carbocycles. The van der Waals surface area contributed by atoms with E-state index in [1.54, 1.807) is 18.2 Å². The van der Waals surface area contributed by atoms with E-state index in [0.717, 1.165) is 11.0 Å². The molecule has 2 aromatic carbocycles. The summed E-state index contributed by atoms with van der Waals surface area (Å²) in [6.07, 6.45) is 2.94. The fourth-order valence-electron chi connectivity index (χ4n) is 2.44. The van der Waals surface area contributed by atoms with Crippen LogP contribution in [-0.4, -0.2) is 21.5 Å². The summed E-state index contributed by atoms with van der Waals surface area (Å²) in [7, 11) is 0. The molecule has 1 aliphatic rings. The Morgan fingerprint density at radius 1 is 0.750 bits per heavy atom. The Bertz CT molecular complexity index is 942. The third kappa shape index (κ3) is 1.42. The highest BCUT2D eigenvalue weighted by Gasteiger charge is 2.23. The van der Waals surface area contributed by atoms with Gasteiger partial charge in [-0.1, -0.05) is 12.1 Å². The average molecular weight is 260 g/mol. The number of para-hydroxylation sites is 2. The molecule has 0 fully saturated rings. The molecule has 0 aliphatic heterocycles. The van der Waals surface area contributed by atoms with E-state index < -0.39 is 11.6 Å². The van der Waals surface area contributed by atoms with Crippen LogP contribution in [-0.2, 0) is 4.79 Å². The minimum Gasteiger partial charge on any atom is -0.286 e. The molecule has 0 bridgehead atoms. The molecule has 0 unspecified atom stereocenters. The molecule has 0 radical (unpaired) electrons. The zero-order valence-electron chi connectivity index (χ0n) is 10.3. The summed E-state index contributed by atoms with van der Waals surface area (Å²) in [4.78, 5) is 32.4. The molecule has 4 nitrogen and oxygen atoms in total. The fourth-order valence-corrected chi connectivity index (χ4v) is 2.44. The molecule has 0 N–H and O–H groups in total. The molecule has 94 valence electrons. The molecular weight excluding hydrogens is 252 g/mol. The van der Waals surface area contributed by atoms with Crippen molar-refractivity contribution in [3.63, 3.8) is 0 Å². The number of nitrogens with zero attached hydrogens (tertiary/aromatic N) is 2. The molecule has 0 atom stereocenters. The Labute approximate surface area is 113 Å².